The first-order chi connectivity index (χ1) is 13.2. The van der Waals surface area contributed by atoms with Crippen molar-refractivity contribution < 1.29 is 9.18 Å². The van der Waals surface area contributed by atoms with Crippen LogP contribution in [0, 0.1) is 5.82 Å². The van der Waals surface area contributed by atoms with Crippen LogP contribution in [0.2, 0.25) is 0 Å². The molecule has 1 aliphatic heterocycles. The van der Waals surface area contributed by atoms with Gasteiger partial charge >= 0.3 is 0 Å². The van der Waals surface area contributed by atoms with Crippen LogP contribution in [0.3, 0.4) is 0 Å². The molecule has 3 heterocycles. The summed E-state index contributed by atoms with van der Waals surface area (Å²) in [6.45, 7) is 2.04. The molecular weight excluding hydrogens is 345 g/mol. The Balaban J connectivity index is 1.50. The molecule has 0 bridgehead atoms. The third-order valence-corrected chi connectivity index (χ3v) is 4.61. The topological polar surface area (TPSA) is 62.2 Å². The number of hydrogen-bond donors (Lipinski definition) is 0. The summed E-state index contributed by atoms with van der Waals surface area (Å²) in [6.07, 6.45) is 4.59. The molecule has 3 aromatic rings. The first-order valence-electron chi connectivity index (χ1n) is 8.74. The number of hydrogen-bond acceptors (Lipinski definition) is 5. The van der Waals surface area contributed by atoms with Gasteiger partial charge in [0.2, 0.25) is 0 Å². The van der Waals surface area contributed by atoms with Crippen LogP contribution in [0.1, 0.15) is 10.4 Å². The summed E-state index contributed by atoms with van der Waals surface area (Å²) in [6, 6.07) is 12.6. The Labute approximate surface area is 156 Å². The summed E-state index contributed by atoms with van der Waals surface area (Å²) < 4.78 is 15.0. The quantitative estimate of drug-likeness (QED) is 0.716. The predicted octanol–water partition coefficient (Wildman–Crippen LogP) is 2.64. The monoisotopic (exact) mass is 363 g/mol. The Bertz CT molecular complexity index is 928. The van der Waals surface area contributed by atoms with Gasteiger partial charge in [0.1, 0.15) is 12.0 Å². The largest absolute Gasteiger partial charge is 0.351 e. The molecule has 2 aromatic heterocycles. The summed E-state index contributed by atoms with van der Waals surface area (Å²) >= 11 is 0. The van der Waals surface area contributed by atoms with Gasteiger partial charge in [-0.3, -0.25) is 9.78 Å². The molecule has 1 aliphatic rings. The van der Waals surface area contributed by atoms with E-state index in [9.17, 15) is 4.79 Å². The number of nitrogens with zero attached hydrogens (tertiary/aromatic N) is 5. The fraction of sp³-hybridized carbons (Fsp3) is 0.200. The molecular formula is C20H18FN5O. The standard InChI is InChI=1S/C20H18FN5O/c21-17-18(15-4-2-1-3-5-15)23-14-24-19(17)25-10-12-26(13-11-25)20(27)16-6-8-22-9-7-16/h1-9,14H,10-13H2. The van der Waals surface area contributed by atoms with E-state index in [0.717, 1.165) is 0 Å². The van der Waals surface area contributed by atoms with E-state index in [1.807, 2.05) is 35.2 Å². The van der Waals surface area contributed by atoms with E-state index in [4.69, 9.17) is 0 Å². The van der Waals surface area contributed by atoms with Crippen molar-refractivity contribution in [2.24, 2.45) is 0 Å². The van der Waals surface area contributed by atoms with E-state index in [0.29, 0.717) is 37.3 Å². The van der Waals surface area contributed by atoms with E-state index in [-0.39, 0.29) is 17.4 Å². The number of piperazine rings is 1. The van der Waals surface area contributed by atoms with E-state index < -0.39 is 5.82 Å². The molecule has 0 N–H and O–H groups in total. The number of aromatic nitrogens is 3. The third kappa shape index (κ3) is 3.48. The van der Waals surface area contributed by atoms with E-state index in [1.165, 1.54) is 6.33 Å². The van der Waals surface area contributed by atoms with Gasteiger partial charge in [-0.25, -0.2) is 14.4 Å². The van der Waals surface area contributed by atoms with Crippen LogP contribution >= 0.6 is 0 Å². The zero-order valence-corrected chi connectivity index (χ0v) is 14.6. The first-order valence-corrected chi connectivity index (χ1v) is 8.74. The van der Waals surface area contributed by atoms with Crippen molar-refractivity contribution >= 4 is 11.7 Å². The van der Waals surface area contributed by atoms with Crippen LogP contribution in [-0.2, 0) is 0 Å². The maximum atomic E-state index is 15.0. The summed E-state index contributed by atoms with van der Waals surface area (Å²) in [4.78, 5) is 28.3. The molecule has 0 aliphatic carbocycles. The Kier molecular flexibility index (Phi) is 4.74. The Morgan fingerprint density at radius 1 is 0.926 bits per heavy atom. The van der Waals surface area contributed by atoms with Gasteiger partial charge in [-0.1, -0.05) is 30.3 Å². The van der Waals surface area contributed by atoms with Crippen LogP contribution in [0.15, 0.2) is 61.2 Å². The fourth-order valence-electron chi connectivity index (χ4n) is 3.18. The molecule has 6 nitrogen and oxygen atoms in total. The number of pyridine rings is 1. The summed E-state index contributed by atoms with van der Waals surface area (Å²) in [7, 11) is 0. The normalized spacial score (nSPS) is 14.3. The highest BCUT2D eigenvalue weighted by atomic mass is 19.1. The van der Waals surface area contributed by atoms with Crippen molar-refractivity contribution in [3.8, 4) is 11.3 Å². The SMILES string of the molecule is O=C(c1ccncc1)N1CCN(c2ncnc(-c3ccccc3)c2F)CC1. The van der Waals surface area contributed by atoms with Crippen molar-refractivity contribution in [3.05, 3.63) is 72.6 Å². The number of amides is 1. The number of carbonyl (C=O) groups excluding carboxylic acids is 1. The highest BCUT2D eigenvalue weighted by molar-refractivity contribution is 5.94. The van der Waals surface area contributed by atoms with Gasteiger partial charge in [0.05, 0.1) is 0 Å². The van der Waals surface area contributed by atoms with E-state index >= 15 is 4.39 Å². The first kappa shape index (κ1) is 17.1. The molecule has 7 heteroatoms. The van der Waals surface area contributed by atoms with Crippen LogP contribution in [0.5, 0.6) is 0 Å². The maximum absolute atomic E-state index is 15.0. The van der Waals surface area contributed by atoms with Crippen LogP contribution < -0.4 is 4.90 Å². The lowest BCUT2D eigenvalue weighted by Gasteiger charge is -2.35. The molecule has 136 valence electrons. The molecule has 27 heavy (non-hydrogen) atoms. The minimum absolute atomic E-state index is 0.0369. The second-order valence-corrected chi connectivity index (χ2v) is 6.24. The summed E-state index contributed by atoms with van der Waals surface area (Å²) in [5, 5.41) is 0. The average Bonchev–Trinajstić information content (AvgIpc) is 2.75. The van der Waals surface area contributed by atoms with Gasteiger partial charge in [-0.05, 0) is 12.1 Å². The summed E-state index contributed by atoms with van der Waals surface area (Å²) in [5.74, 6) is -0.192. The Hall–Kier alpha value is -3.35. The number of anilines is 1. The second kappa shape index (κ2) is 7.49. The van der Waals surface area contributed by atoms with Crippen molar-refractivity contribution in [3.63, 3.8) is 0 Å². The molecule has 4 rings (SSSR count). The molecule has 0 unspecified atom stereocenters. The van der Waals surface area contributed by atoms with Crippen molar-refractivity contribution in [2.75, 3.05) is 31.1 Å². The van der Waals surface area contributed by atoms with Gasteiger partial charge in [0.25, 0.3) is 5.91 Å². The molecule has 0 atom stereocenters. The molecule has 1 amide bonds. The Morgan fingerprint density at radius 2 is 1.63 bits per heavy atom. The van der Waals surface area contributed by atoms with Crippen molar-refractivity contribution in [1.29, 1.82) is 0 Å². The lowest BCUT2D eigenvalue weighted by molar-refractivity contribution is 0.0746. The highest BCUT2D eigenvalue weighted by Gasteiger charge is 2.25. The van der Waals surface area contributed by atoms with E-state index in [2.05, 4.69) is 15.0 Å². The van der Waals surface area contributed by atoms with Gasteiger partial charge in [-0.2, -0.15) is 0 Å². The summed E-state index contributed by atoms with van der Waals surface area (Å²) in [5.41, 5.74) is 1.61. The predicted molar refractivity (Wildman–Crippen MR) is 99.8 cm³/mol. The molecule has 1 fully saturated rings. The van der Waals surface area contributed by atoms with E-state index in [1.54, 1.807) is 29.4 Å². The minimum Gasteiger partial charge on any atom is -0.351 e. The zero-order chi connectivity index (χ0) is 18.6. The Morgan fingerprint density at radius 3 is 2.33 bits per heavy atom. The van der Waals surface area contributed by atoms with Gasteiger partial charge < -0.3 is 9.80 Å². The van der Waals surface area contributed by atoms with Crippen LogP contribution in [0.4, 0.5) is 10.2 Å². The molecule has 0 radical (unpaired) electrons. The van der Waals surface area contributed by atoms with Crippen molar-refractivity contribution in [1.82, 2.24) is 19.9 Å². The lowest BCUT2D eigenvalue weighted by atomic mass is 10.1. The average molecular weight is 363 g/mol. The number of halogens is 1. The highest BCUT2D eigenvalue weighted by Crippen LogP contribution is 2.26. The van der Waals surface area contributed by atoms with Gasteiger partial charge in [-0.15, -0.1) is 0 Å². The number of rotatable bonds is 3. The molecule has 1 saturated heterocycles. The second-order valence-electron chi connectivity index (χ2n) is 6.24. The molecule has 0 saturated carbocycles. The molecule has 1 aromatic carbocycles. The maximum Gasteiger partial charge on any atom is 0.254 e. The van der Waals surface area contributed by atoms with Gasteiger partial charge in [0, 0.05) is 49.7 Å². The van der Waals surface area contributed by atoms with Crippen molar-refractivity contribution in [2.45, 2.75) is 0 Å². The zero-order valence-electron chi connectivity index (χ0n) is 14.6. The number of benzene rings is 1. The third-order valence-electron chi connectivity index (χ3n) is 4.61. The minimum atomic E-state index is -0.433. The number of carbonyl (C=O) groups is 1. The molecule has 0 spiro atoms. The fourth-order valence-corrected chi connectivity index (χ4v) is 3.18. The lowest BCUT2D eigenvalue weighted by Crippen LogP contribution is -2.49. The van der Waals surface area contributed by atoms with Gasteiger partial charge in [0.15, 0.2) is 11.6 Å². The smallest absolute Gasteiger partial charge is 0.254 e. The van der Waals surface area contributed by atoms with Crippen LogP contribution in [0.25, 0.3) is 11.3 Å². The van der Waals surface area contributed by atoms with Crippen LogP contribution in [-0.4, -0.2) is 51.9 Å².